The van der Waals surface area contributed by atoms with Crippen molar-refractivity contribution >= 4 is 15.5 Å². The molecule has 16 heavy (non-hydrogen) atoms. The third kappa shape index (κ3) is 2.21. The average Bonchev–Trinajstić information content (AvgIpc) is 2.69. The Morgan fingerprint density at radius 1 is 1.19 bits per heavy atom. The molecule has 2 rings (SSSR count). The molecule has 1 fully saturated rings. The molecule has 0 N–H and O–H groups in total. The maximum atomic E-state index is 11.4. The second-order valence-corrected chi connectivity index (χ2v) is 6.43. The van der Waals surface area contributed by atoms with Gasteiger partial charge in [0.1, 0.15) is 0 Å². The van der Waals surface area contributed by atoms with Crippen LogP contribution in [0.2, 0.25) is 0 Å². The van der Waals surface area contributed by atoms with E-state index in [-0.39, 0.29) is 0 Å². The number of aryl methyl sites for hydroxylation is 1. The summed E-state index contributed by atoms with van der Waals surface area (Å²) < 4.78 is 22.8. The molecule has 0 aliphatic carbocycles. The smallest absolute Gasteiger partial charge is 0.175 e. The lowest BCUT2D eigenvalue weighted by atomic mass is 10.2. The number of benzene rings is 1. The van der Waals surface area contributed by atoms with Crippen molar-refractivity contribution in [1.82, 2.24) is 0 Å². The van der Waals surface area contributed by atoms with Crippen molar-refractivity contribution in [3.8, 4) is 0 Å². The molecule has 88 valence electrons. The predicted molar refractivity (Wildman–Crippen MR) is 65.7 cm³/mol. The highest BCUT2D eigenvalue weighted by Gasteiger charge is 2.16. The minimum atomic E-state index is -3.08. The van der Waals surface area contributed by atoms with Crippen molar-refractivity contribution in [1.29, 1.82) is 0 Å². The number of sulfone groups is 1. The Kier molecular flexibility index (Phi) is 2.93. The first-order chi connectivity index (χ1) is 7.48. The Labute approximate surface area is 97.0 Å². The molecule has 0 spiro atoms. The van der Waals surface area contributed by atoms with E-state index in [9.17, 15) is 8.42 Å². The number of hydrogen-bond acceptors (Lipinski definition) is 3. The zero-order valence-electron chi connectivity index (χ0n) is 9.73. The molecule has 1 aromatic rings. The van der Waals surface area contributed by atoms with Gasteiger partial charge in [0.05, 0.1) is 4.90 Å². The molecule has 3 nitrogen and oxygen atoms in total. The average molecular weight is 239 g/mol. The highest BCUT2D eigenvalue weighted by Crippen LogP contribution is 2.26. The third-order valence-electron chi connectivity index (χ3n) is 3.04. The molecule has 0 atom stereocenters. The van der Waals surface area contributed by atoms with Crippen LogP contribution in [-0.2, 0) is 9.84 Å². The van der Waals surface area contributed by atoms with E-state index in [2.05, 4.69) is 4.90 Å². The Bertz CT molecular complexity index is 488. The van der Waals surface area contributed by atoms with E-state index in [1.165, 1.54) is 24.8 Å². The van der Waals surface area contributed by atoms with Crippen LogP contribution in [0.5, 0.6) is 0 Å². The van der Waals surface area contributed by atoms with Gasteiger partial charge in [0.15, 0.2) is 9.84 Å². The fraction of sp³-hybridized carbons (Fsp3) is 0.500. The molecule has 1 saturated heterocycles. The van der Waals surface area contributed by atoms with Gasteiger partial charge in [0, 0.05) is 25.0 Å². The summed E-state index contributed by atoms with van der Waals surface area (Å²) in [4.78, 5) is 2.73. The van der Waals surface area contributed by atoms with Crippen LogP contribution < -0.4 is 4.90 Å². The largest absolute Gasteiger partial charge is 0.371 e. The first-order valence-electron chi connectivity index (χ1n) is 5.54. The van der Waals surface area contributed by atoms with Gasteiger partial charge in [0.25, 0.3) is 0 Å². The van der Waals surface area contributed by atoms with Crippen molar-refractivity contribution in [2.24, 2.45) is 0 Å². The first kappa shape index (κ1) is 11.5. The Balaban J connectivity index is 2.37. The predicted octanol–water partition coefficient (Wildman–Crippen LogP) is 2.00. The van der Waals surface area contributed by atoms with E-state index in [0.29, 0.717) is 4.90 Å². The molecule has 0 unspecified atom stereocenters. The van der Waals surface area contributed by atoms with Crippen LogP contribution in [-0.4, -0.2) is 27.8 Å². The fourth-order valence-electron chi connectivity index (χ4n) is 2.17. The zero-order chi connectivity index (χ0) is 11.8. The van der Waals surface area contributed by atoms with E-state index in [1.54, 1.807) is 12.1 Å². The third-order valence-corrected chi connectivity index (χ3v) is 4.15. The molecule has 0 radical (unpaired) electrons. The molecule has 4 heteroatoms. The van der Waals surface area contributed by atoms with Crippen LogP contribution in [0.4, 0.5) is 5.69 Å². The standard InChI is InChI=1S/C12H17NO2S/c1-10-9-11(16(2,14)15)5-6-12(10)13-7-3-4-8-13/h5-6,9H,3-4,7-8H2,1-2H3. The van der Waals surface area contributed by atoms with Gasteiger partial charge in [-0.15, -0.1) is 0 Å². The van der Waals surface area contributed by atoms with Gasteiger partial charge in [-0.3, -0.25) is 0 Å². The van der Waals surface area contributed by atoms with Crippen molar-refractivity contribution in [2.75, 3.05) is 24.2 Å². The molecule has 1 aliphatic heterocycles. The summed E-state index contributed by atoms with van der Waals surface area (Å²) in [6.45, 7) is 4.14. The minimum Gasteiger partial charge on any atom is -0.371 e. The minimum absolute atomic E-state index is 0.410. The summed E-state index contributed by atoms with van der Waals surface area (Å²) in [5.74, 6) is 0. The number of hydrogen-bond donors (Lipinski definition) is 0. The SMILES string of the molecule is Cc1cc(S(C)(=O)=O)ccc1N1CCCC1. The molecule has 0 saturated carbocycles. The monoisotopic (exact) mass is 239 g/mol. The van der Waals surface area contributed by atoms with E-state index in [0.717, 1.165) is 18.7 Å². The lowest BCUT2D eigenvalue weighted by Gasteiger charge is -2.20. The van der Waals surface area contributed by atoms with Gasteiger partial charge < -0.3 is 4.90 Å². The molecule has 0 amide bonds. The molecule has 1 heterocycles. The lowest BCUT2D eigenvalue weighted by Crippen LogP contribution is -2.18. The van der Waals surface area contributed by atoms with Crippen LogP contribution in [0, 0.1) is 6.92 Å². The molecular weight excluding hydrogens is 222 g/mol. The topological polar surface area (TPSA) is 37.4 Å². The van der Waals surface area contributed by atoms with Gasteiger partial charge >= 0.3 is 0 Å². The molecule has 0 aromatic heterocycles. The number of nitrogens with zero attached hydrogens (tertiary/aromatic N) is 1. The fourth-order valence-corrected chi connectivity index (χ4v) is 2.88. The van der Waals surface area contributed by atoms with Crippen molar-refractivity contribution < 1.29 is 8.42 Å². The molecule has 0 bridgehead atoms. The van der Waals surface area contributed by atoms with Gasteiger partial charge in [0.2, 0.25) is 0 Å². The van der Waals surface area contributed by atoms with Gasteiger partial charge in [-0.1, -0.05) is 0 Å². The van der Waals surface area contributed by atoms with Crippen LogP contribution in [0.3, 0.4) is 0 Å². The summed E-state index contributed by atoms with van der Waals surface area (Å²) >= 11 is 0. The van der Waals surface area contributed by atoms with Crippen molar-refractivity contribution in [3.63, 3.8) is 0 Å². The maximum absolute atomic E-state index is 11.4. The summed E-state index contributed by atoms with van der Waals surface area (Å²) in [6, 6.07) is 5.40. The van der Waals surface area contributed by atoms with Gasteiger partial charge in [-0.05, 0) is 43.5 Å². The Morgan fingerprint density at radius 2 is 1.81 bits per heavy atom. The summed E-state index contributed by atoms with van der Waals surface area (Å²) in [6.07, 6.45) is 3.71. The molecular formula is C12H17NO2S. The van der Waals surface area contributed by atoms with Crippen LogP contribution >= 0.6 is 0 Å². The van der Waals surface area contributed by atoms with Crippen LogP contribution in [0.15, 0.2) is 23.1 Å². The lowest BCUT2D eigenvalue weighted by molar-refractivity contribution is 0.602. The van der Waals surface area contributed by atoms with E-state index >= 15 is 0 Å². The molecule has 1 aliphatic rings. The summed E-state index contributed by atoms with van der Waals surface area (Å²) in [7, 11) is -3.08. The van der Waals surface area contributed by atoms with Gasteiger partial charge in [-0.25, -0.2) is 8.42 Å². The number of rotatable bonds is 2. The van der Waals surface area contributed by atoms with Gasteiger partial charge in [-0.2, -0.15) is 0 Å². The maximum Gasteiger partial charge on any atom is 0.175 e. The van der Waals surface area contributed by atoms with E-state index in [4.69, 9.17) is 0 Å². The van der Waals surface area contributed by atoms with E-state index < -0.39 is 9.84 Å². The van der Waals surface area contributed by atoms with Crippen molar-refractivity contribution in [2.45, 2.75) is 24.7 Å². The van der Waals surface area contributed by atoms with E-state index in [1.807, 2.05) is 13.0 Å². The normalized spacial score (nSPS) is 16.8. The van der Waals surface area contributed by atoms with Crippen LogP contribution in [0.1, 0.15) is 18.4 Å². The zero-order valence-corrected chi connectivity index (χ0v) is 10.5. The molecule has 1 aromatic carbocycles. The Morgan fingerprint density at radius 3 is 2.31 bits per heavy atom. The second kappa shape index (κ2) is 4.09. The highest BCUT2D eigenvalue weighted by molar-refractivity contribution is 7.90. The van der Waals surface area contributed by atoms with Crippen molar-refractivity contribution in [3.05, 3.63) is 23.8 Å². The second-order valence-electron chi connectivity index (χ2n) is 4.41. The number of anilines is 1. The quantitative estimate of drug-likeness (QED) is 0.792. The Hall–Kier alpha value is -1.03. The summed E-state index contributed by atoms with van der Waals surface area (Å²) in [5.41, 5.74) is 2.22. The first-order valence-corrected chi connectivity index (χ1v) is 7.43. The highest BCUT2D eigenvalue weighted by atomic mass is 32.2. The summed E-state index contributed by atoms with van der Waals surface area (Å²) in [5, 5.41) is 0. The van der Waals surface area contributed by atoms with Crippen LogP contribution in [0.25, 0.3) is 0 Å².